The molecule has 6 heteroatoms. The number of carbonyl (C=O) groups is 1. The van der Waals surface area contributed by atoms with Gasteiger partial charge >= 0.3 is 0 Å². The normalized spacial score (nSPS) is 10.7. The largest absolute Gasteiger partial charge is 0.352 e. The van der Waals surface area contributed by atoms with E-state index in [9.17, 15) is 14.4 Å². The summed E-state index contributed by atoms with van der Waals surface area (Å²) in [5.41, 5.74) is 2.50. The monoisotopic (exact) mass is 323 g/mol. The number of hydrogen-bond donors (Lipinski definition) is 3. The fraction of sp³-hybridized carbons (Fsp3) is 0.167. The van der Waals surface area contributed by atoms with Gasteiger partial charge in [-0.25, -0.2) is 0 Å². The number of amides is 1. The van der Waals surface area contributed by atoms with Gasteiger partial charge in [-0.15, -0.1) is 0 Å². The third kappa shape index (κ3) is 3.43. The highest BCUT2D eigenvalue weighted by molar-refractivity contribution is 5.93. The van der Waals surface area contributed by atoms with Crippen LogP contribution in [0.1, 0.15) is 21.5 Å². The van der Waals surface area contributed by atoms with Crippen LogP contribution in [0, 0.1) is 6.92 Å². The van der Waals surface area contributed by atoms with E-state index in [-0.39, 0.29) is 17.0 Å². The number of pyridine rings is 2. The first-order valence-electron chi connectivity index (χ1n) is 7.62. The minimum absolute atomic E-state index is 0.148. The summed E-state index contributed by atoms with van der Waals surface area (Å²) in [5, 5.41) is 3.71. The van der Waals surface area contributed by atoms with Crippen LogP contribution in [0.4, 0.5) is 0 Å². The lowest BCUT2D eigenvalue weighted by molar-refractivity contribution is 0.0953. The van der Waals surface area contributed by atoms with Crippen LogP contribution < -0.4 is 16.4 Å². The summed E-state index contributed by atoms with van der Waals surface area (Å²) in [6.45, 7) is 2.33. The topological polar surface area (TPSA) is 94.8 Å². The highest BCUT2D eigenvalue weighted by Crippen LogP contribution is 2.13. The van der Waals surface area contributed by atoms with Crippen molar-refractivity contribution in [2.75, 3.05) is 6.54 Å². The number of aromatic amines is 2. The number of hydrogen-bond acceptors (Lipinski definition) is 3. The number of aromatic nitrogens is 2. The van der Waals surface area contributed by atoms with Gasteiger partial charge in [0.05, 0.1) is 5.56 Å². The van der Waals surface area contributed by atoms with Gasteiger partial charge in [0, 0.05) is 29.9 Å². The molecule has 3 rings (SSSR count). The van der Waals surface area contributed by atoms with E-state index in [4.69, 9.17) is 0 Å². The Labute approximate surface area is 137 Å². The number of H-pyrrole nitrogens is 2. The van der Waals surface area contributed by atoms with E-state index in [0.717, 1.165) is 16.5 Å². The van der Waals surface area contributed by atoms with Gasteiger partial charge in [0.1, 0.15) is 0 Å². The van der Waals surface area contributed by atoms with Crippen molar-refractivity contribution in [1.82, 2.24) is 15.3 Å². The Hall–Kier alpha value is -3.15. The van der Waals surface area contributed by atoms with E-state index < -0.39 is 0 Å². The van der Waals surface area contributed by atoms with Crippen LogP contribution in [0.2, 0.25) is 0 Å². The molecule has 0 fully saturated rings. The highest BCUT2D eigenvalue weighted by atomic mass is 16.2. The molecule has 0 aliphatic heterocycles. The van der Waals surface area contributed by atoms with Crippen LogP contribution in [0.25, 0.3) is 10.9 Å². The predicted molar refractivity (Wildman–Crippen MR) is 92.4 cm³/mol. The van der Waals surface area contributed by atoms with Crippen LogP contribution in [0.3, 0.4) is 0 Å². The molecule has 24 heavy (non-hydrogen) atoms. The number of carbonyl (C=O) groups excluding carboxylic acids is 1. The van der Waals surface area contributed by atoms with Crippen molar-refractivity contribution < 1.29 is 4.79 Å². The van der Waals surface area contributed by atoms with Crippen molar-refractivity contribution >= 4 is 16.8 Å². The number of aryl methyl sites for hydroxylation is 1. The fourth-order valence-corrected chi connectivity index (χ4v) is 2.52. The van der Waals surface area contributed by atoms with E-state index in [2.05, 4.69) is 15.3 Å². The van der Waals surface area contributed by atoms with Gasteiger partial charge in [-0.2, -0.15) is 0 Å². The molecule has 0 bridgehead atoms. The van der Waals surface area contributed by atoms with Crippen LogP contribution in [0.15, 0.2) is 52.2 Å². The average Bonchev–Trinajstić information content (AvgIpc) is 2.56. The SMILES string of the molecule is Cc1ccc2[nH]c(=O)c(CCNC(=O)c3ccc(=O)[nH]c3)cc2c1. The Morgan fingerprint density at radius 1 is 1.12 bits per heavy atom. The van der Waals surface area contributed by atoms with Crippen molar-refractivity contribution in [3.8, 4) is 0 Å². The number of benzene rings is 1. The van der Waals surface area contributed by atoms with Crippen molar-refractivity contribution in [2.24, 2.45) is 0 Å². The van der Waals surface area contributed by atoms with E-state index in [1.54, 1.807) is 0 Å². The Kier molecular flexibility index (Phi) is 4.29. The summed E-state index contributed by atoms with van der Waals surface area (Å²) in [4.78, 5) is 40.4. The molecule has 0 saturated carbocycles. The van der Waals surface area contributed by atoms with Crippen molar-refractivity contribution in [1.29, 1.82) is 0 Å². The molecule has 0 aliphatic rings. The molecule has 0 radical (unpaired) electrons. The zero-order chi connectivity index (χ0) is 17.1. The molecule has 0 aliphatic carbocycles. The summed E-state index contributed by atoms with van der Waals surface area (Å²) in [7, 11) is 0. The zero-order valence-electron chi connectivity index (χ0n) is 13.2. The average molecular weight is 323 g/mol. The highest BCUT2D eigenvalue weighted by Gasteiger charge is 2.07. The molecule has 0 spiro atoms. The molecule has 1 amide bonds. The van der Waals surface area contributed by atoms with Crippen molar-refractivity contribution in [3.63, 3.8) is 0 Å². The first kappa shape index (κ1) is 15.7. The second kappa shape index (κ2) is 6.54. The minimum Gasteiger partial charge on any atom is -0.352 e. The second-order valence-electron chi connectivity index (χ2n) is 5.66. The van der Waals surface area contributed by atoms with Gasteiger partial charge in [0.15, 0.2) is 0 Å². The smallest absolute Gasteiger partial charge is 0.252 e. The standard InChI is InChI=1S/C18H17N3O3/c1-11-2-4-15-14(8-11)9-12(18(24)21-15)6-7-19-17(23)13-3-5-16(22)20-10-13/h2-5,8-10H,6-7H2,1H3,(H,19,23)(H,20,22)(H,21,24). The molecule has 6 nitrogen and oxygen atoms in total. The molecule has 2 aromatic heterocycles. The summed E-state index contributed by atoms with van der Waals surface area (Å²) < 4.78 is 0. The van der Waals surface area contributed by atoms with Gasteiger partial charge in [-0.1, -0.05) is 11.6 Å². The zero-order valence-corrected chi connectivity index (χ0v) is 13.2. The quantitative estimate of drug-likeness (QED) is 0.679. The first-order chi connectivity index (χ1) is 11.5. The maximum absolute atomic E-state index is 12.1. The molecule has 0 unspecified atom stereocenters. The first-order valence-corrected chi connectivity index (χ1v) is 7.62. The molecule has 3 aromatic rings. The Morgan fingerprint density at radius 3 is 2.71 bits per heavy atom. The lowest BCUT2D eigenvalue weighted by Gasteiger charge is -2.06. The molecule has 0 atom stereocenters. The number of rotatable bonds is 4. The van der Waals surface area contributed by atoms with Crippen LogP contribution >= 0.6 is 0 Å². The molecule has 3 N–H and O–H groups in total. The molecule has 0 saturated heterocycles. The minimum atomic E-state index is -0.292. The van der Waals surface area contributed by atoms with Crippen molar-refractivity contribution in [2.45, 2.75) is 13.3 Å². The third-order valence-electron chi connectivity index (χ3n) is 3.80. The van der Waals surface area contributed by atoms with Crippen LogP contribution in [-0.2, 0) is 6.42 Å². The maximum Gasteiger partial charge on any atom is 0.252 e. The van der Waals surface area contributed by atoms with Gasteiger partial charge < -0.3 is 15.3 Å². The van der Waals surface area contributed by atoms with Crippen LogP contribution in [0.5, 0.6) is 0 Å². The van der Waals surface area contributed by atoms with Gasteiger partial charge in [0.25, 0.3) is 11.5 Å². The summed E-state index contributed by atoms with van der Waals surface area (Å²) >= 11 is 0. The Balaban J connectivity index is 1.70. The maximum atomic E-state index is 12.1. The lowest BCUT2D eigenvalue weighted by Crippen LogP contribution is -2.28. The molecule has 2 heterocycles. The van der Waals surface area contributed by atoms with E-state index in [1.807, 2.05) is 31.2 Å². The van der Waals surface area contributed by atoms with Crippen LogP contribution in [-0.4, -0.2) is 22.4 Å². The van der Waals surface area contributed by atoms with E-state index in [0.29, 0.717) is 24.1 Å². The Bertz CT molecular complexity index is 997. The number of fused-ring (bicyclic) bond motifs is 1. The molecule has 1 aromatic carbocycles. The summed E-state index contributed by atoms with van der Waals surface area (Å²) in [5.74, 6) is -0.292. The second-order valence-corrected chi connectivity index (χ2v) is 5.66. The number of nitrogens with one attached hydrogen (secondary N) is 3. The molecule has 122 valence electrons. The Morgan fingerprint density at radius 2 is 1.96 bits per heavy atom. The lowest BCUT2D eigenvalue weighted by atomic mass is 10.1. The van der Waals surface area contributed by atoms with Crippen molar-refractivity contribution in [3.05, 3.63) is 80.0 Å². The predicted octanol–water partition coefficient (Wildman–Crippen LogP) is 1.50. The molecular formula is C18H17N3O3. The van der Waals surface area contributed by atoms with Gasteiger partial charge in [-0.05, 0) is 43.0 Å². The van der Waals surface area contributed by atoms with E-state index >= 15 is 0 Å². The fourth-order valence-electron chi connectivity index (χ4n) is 2.52. The summed E-state index contributed by atoms with van der Waals surface area (Å²) in [6, 6.07) is 10.4. The third-order valence-corrected chi connectivity index (χ3v) is 3.80. The summed E-state index contributed by atoms with van der Waals surface area (Å²) in [6.07, 6.45) is 1.79. The van der Waals surface area contributed by atoms with Gasteiger partial charge in [0.2, 0.25) is 5.56 Å². The van der Waals surface area contributed by atoms with Gasteiger partial charge in [-0.3, -0.25) is 14.4 Å². The van der Waals surface area contributed by atoms with E-state index in [1.165, 1.54) is 18.3 Å². The molecular weight excluding hydrogens is 306 g/mol.